The molecule has 0 aliphatic heterocycles. The lowest BCUT2D eigenvalue weighted by molar-refractivity contribution is -0.688. The molecule has 0 fully saturated rings. The van der Waals surface area contributed by atoms with Crippen LogP contribution in [-0.2, 0) is 6.54 Å². The summed E-state index contributed by atoms with van der Waals surface area (Å²) in [6, 6.07) is 12.6. The summed E-state index contributed by atoms with van der Waals surface area (Å²) in [7, 11) is 0. The van der Waals surface area contributed by atoms with E-state index in [4.69, 9.17) is 4.42 Å². The van der Waals surface area contributed by atoms with Crippen LogP contribution >= 0.6 is 15.9 Å². The molecule has 3 nitrogen and oxygen atoms in total. The lowest BCUT2D eigenvalue weighted by Crippen LogP contribution is -3.00. The van der Waals surface area contributed by atoms with E-state index < -0.39 is 0 Å². The van der Waals surface area contributed by atoms with E-state index in [1.165, 1.54) is 17.2 Å². The fourth-order valence-corrected chi connectivity index (χ4v) is 3.46. The van der Waals surface area contributed by atoms with E-state index >= 15 is 0 Å². The molecule has 0 aliphatic carbocycles. The summed E-state index contributed by atoms with van der Waals surface area (Å²) in [5.41, 5.74) is 5.74. The number of hydrogen-bond acceptors (Lipinski definition) is 2. The summed E-state index contributed by atoms with van der Waals surface area (Å²) in [5.74, 6) is 0.335. The molecule has 0 saturated carbocycles. The molecule has 0 bridgehead atoms. The van der Waals surface area contributed by atoms with E-state index in [0.29, 0.717) is 12.4 Å². The molecular formula is C21H17Br2FN2O. The van der Waals surface area contributed by atoms with Gasteiger partial charge in [0.05, 0.1) is 4.47 Å². The van der Waals surface area contributed by atoms with Gasteiger partial charge in [0.25, 0.3) is 0 Å². The molecule has 0 unspecified atom stereocenters. The highest BCUT2D eigenvalue weighted by atomic mass is 79.9. The highest BCUT2D eigenvalue weighted by molar-refractivity contribution is 9.10. The minimum atomic E-state index is -0.233. The zero-order chi connectivity index (χ0) is 18.3. The number of benzene rings is 2. The molecule has 0 N–H and O–H groups in total. The second kappa shape index (κ2) is 7.90. The fourth-order valence-electron chi connectivity index (χ4n) is 2.96. The van der Waals surface area contributed by atoms with Gasteiger partial charge in [-0.15, -0.1) is 0 Å². The maximum Gasteiger partial charge on any atom is 0.233 e. The number of halogens is 3. The molecule has 6 heteroatoms. The highest BCUT2D eigenvalue weighted by Crippen LogP contribution is 2.27. The number of pyridine rings is 1. The van der Waals surface area contributed by atoms with Crippen molar-refractivity contribution in [1.29, 1.82) is 0 Å². The minimum absolute atomic E-state index is 0. The van der Waals surface area contributed by atoms with Crippen molar-refractivity contribution in [2.45, 2.75) is 20.4 Å². The Labute approximate surface area is 175 Å². The van der Waals surface area contributed by atoms with E-state index in [0.717, 1.165) is 26.7 Å². The first kappa shape index (κ1) is 19.7. The zero-order valence-corrected chi connectivity index (χ0v) is 18.0. The van der Waals surface area contributed by atoms with Crippen molar-refractivity contribution in [3.63, 3.8) is 0 Å². The molecule has 4 rings (SSSR count). The van der Waals surface area contributed by atoms with Gasteiger partial charge >= 0.3 is 0 Å². The highest BCUT2D eigenvalue weighted by Gasteiger charge is 2.15. The minimum Gasteiger partial charge on any atom is -1.00 e. The third-order valence-electron chi connectivity index (χ3n) is 4.39. The summed E-state index contributed by atoms with van der Waals surface area (Å²) in [5, 5.41) is 0. The standard InChI is InChI=1S/C21H17BrFN2O.BrH/c1-13-6-19-20(7-14(13)2)26-21(24-19)16-9-17(22)12-25(11-16)10-15-4-3-5-18(23)8-15;/h3-9,11-12H,10H2,1-2H3;1H/q+1;/p-1. The Balaban J connectivity index is 0.00000210. The number of aryl methyl sites for hydroxylation is 2. The van der Waals surface area contributed by atoms with Crippen molar-refractivity contribution in [1.82, 2.24) is 4.98 Å². The number of nitrogens with zero attached hydrogens (tertiary/aromatic N) is 2. The van der Waals surface area contributed by atoms with Gasteiger partial charge in [0.2, 0.25) is 5.89 Å². The van der Waals surface area contributed by atoms with E-state index in [-0.39, 0.29) is 22.8 Å². The molecule has 0 saturated heterocycles. The Morgan fingerprint density at radius 2 is 1.85 bits per heavy atom. The van der Waals surface area contributed by atoms with Crippen LogP contribution < -0.4 is 21.5 Å². The monoisotopic (exact) mass is 490 g/mol. The van der Waals surface area contributed by atoms with E-state index in [2.05, 4.69) is 34.8 Å². The van der Waals surface area contributed by atoms with Crippen molar-refractivity contribution < 1.29 is 30.4 Å². The molecule has 0 spiro atoms. The zero-order valence-electron chi connectivity index (χ0n) is 14.8. The third-order valence-corrected chi connectivity index (χ3v) is 4.83. The van der Waals surface area contributed by atoms with Gasteiger partial charge in [-0.2, -0.15) is 4.57 Å². The predicted molar refractivity (Wildman–Crippen MR) is 102 cm³/mol. The van der Waals surface area contributed by atoms with Gasteiger partial charge in [-0.3, -0.25) is 0 Å². The maximum atomic E-state index is 13.4. The Morgan fingerprint density at radius 3 is 2.63 bits per heavy atom. The van der Waals surface area contributed by atoms with Gasteiger partial charge in [0, 0.05) is 5.56 Å². The van der Waals surface area contributed by atoms with Crippen molar-refractivity contribution in [3.05, 3.63) is 81.8 Å². The van der Waals surface area contributed by atoms with Crippen LogP contribution in [0.25, 0.3) is 22.6 Å². The third kappa shape index (κ3) is 4.28. The summed E-state index contributed by atoms with van der Waals surface area (Å²) in [6.07, 6.45) is 3.91. The number of rotatable bonds is 3. The smallest absolute Gasteiger partial charge is 0.233 e. The molecule has 27 heavy (non-hydrogen) atoms. The van der Waals surface area contributed by atoms with Crippen molar-refractivity contribution in [2.24, 2.45) is 0 Å². The molecule has 0 atom stereocenters. The van der Waals surface area contributed by atoms with Crippen molar-refractivity contribution in [3.8, 4) is 11.5 Å². The Kier molecular flexibility index (Phi) is 5.77. The number of oxazole rings is 1. The van der Waals surface area contributed by atoms with E-state index in [1.54, 1.807) is 12.1 Å². The van der Waals surface area contributed by atoms with Crippen LogP contribution in [0, 0.1) is 19.7 Å². The fraction of sp³-hybridized carbons (Fsp3) is 0.143. The van der Waals surface area contributed by atoms with Gasteiger partial charge in [-0.05, 0) is 71.2 Å². The Bertz CT molecular complexity index is 1090. The van der Waals surface area contributed by atoms with E-state index in [1.807, 2.05) is 41.2 Å². The quantitative estimate of drug-likeness (QED) is 0.412. The predicted octanol–water partition coefficient (Wildman–Crippen LogP) is 2.35. The first-order chi connectivity index (χ1) is 12.5. The van der Waals surface area contributed by atoms with Crippen LogP contribution in [0.2, 0.25) is 0 Å². The number of aromatic nitrogens is 2. The molecule has 2 aromatic carbocycles. The Hall–Kier alpha value is -2.05. The second-order valence-corrected chi connectivity index (χ2v) is 7.38. The summed E-state index contributed by atoms with van der Waals surface area (Å²) >= 11 is 3.54. The van der Waals surface area contributed by atoms with E-state index in [9.17, 15) is 4.39 Å². The van der Waals surface area contributed by atoms with Crippen molar-refractivity contribution in [2.75, 3.05) is 0 Å². The lowest BCUT2D eigenvalue weighted by atomic mass is 10.1. The van der Waals surface area contributed by atoms with Crippen LogP contribution in [0.4, 0.5) is 4.39 Å². The number of fused-ring (bicyclic) bond motifs is 1. The van der Waals surface area contributed by atoms with Gasteiger partial charge in [0.15, 0.2) is 24.5 Å². The van der Waals surface area contributed by atoms with Gasteiger partial charge in [-0.25, -0.2) is 9.37 Å². The lowest BCUT2D eigenvalue weighted by Gasteiger charge is -2.01. The summed E-state index contributed by atoms with van der Waals surface area (Å²) < 4.78 is 22.3. The van der Waals surface area contributed by atoms with Crippen LogP contribution in [0.3, 0.4) is 0 Å². The maximum absolute atomic E-state index is 13.4. The van der Waals surface area contributed by atoms with Gasteiger partial charge < -0.3 is 21.4 Å². The van der Waals surface area contributed by atoms with Crippen LogP contribution in [-0.4, -0.2) is 4.98 Å². The molecule has 138 valence electrons. The molecule has 2 heterocycles. The van der Waals surface area contributed by atoms with Crippen molar-refractivity contribution >= 4 is 27.0 Å². The second-order valence-electron chi connectivity index (χ2n) is 6.47. The SMILES string of the molecule is Cc1cc2nc(-c3cc(Br)c[n+](Cc4cccc(F)c4)c3)oc2cc1C.[Br-]. The summed E-state index contributed by atoms with van der Waals surface area (Å²) in [4.78, 5) is 4.63. The number of hydrogen-bond donors (Lipinski definition) is 0. The molecule has 0 radical (unpaired) electrons. The van der Waals surface area contributed by atoms with Crippen LogP contribution in [0.1, 0.15) is 16.7 Å². The normalized spacial score (nSPS) is 10.8. The molecule has 4 aromatic rings. The molecule has 0 amide bonds. The Morgan fingerprint density at radius 1 is 1.07 bits per heavy atom. The molecular weight excluding hydrogens is 475 g/mol. The first-order valence-corrected chi connectivity index (χ1v) is 9.09. The molecule has 0 aliphatic rings. The van der Waals surface area contributed by atoms with Crippen LogP contribution in [0.5, 0.6) is 0 Å². The topological polar surface area (TPSA) is 29.9 Å². The van der Waals surface area contributed by atoms with Gasteiger partial charge in [0.1, 0.15) is 16.9 Å². The largest absolute Gasteiger partial charge is 1.00 e. The summed E-state index contributed by atoms with van der Waals surface area (Å²) in [6.45, 7) is 4.68. The average molecular weight is 492 g/mol. The van der Waals surface area contributed by atoms with Gasteiger partial charge in [-0.1, -0.05) is 12.1 Å². The van der Waals surface area contributed by atoms with Crippen LogP contribution in [0.15, 0.2) is 63.7 Å². The average Bonchev–Trinajstić information content (AvgIpc) is 2.97. The first-order valence-electron chi connectivity index (χ1n) is 8.30. The molecule has 2 aromatic heterocycles.